The molecule has 0 atom stereocenters. The zero-order valence-corrected chi connectivity index (χ0v) is 25.6. The molecular formula is C33H37Cl2NO4. The average molecular weight is 583 g/mol. The summed E-state index contributed by atoms with van der Waals surface area (Å²) in [6, 6.07) is 11.2. The quantitative estimate of drug-likeness (QED) is 0.343. The highest BCUT2D eigenvalue weighted by molar-refractivity contribution is 6.32. The molecule has 2 aromatic rings. The summed E-state index contributed by atoms with van der Waals surface area (Å²) in [6.45, 7) is 11.1. The molecule has 3 aliphatic rings. The van der Waals surface area contributed by atoms with Crippen LogP contribution in [0.5, 0.6) is 11.5 Å². The number of ether oxygens (including phenoxy) is 2. The predicted octanol–water partition coefficient (Wildman–Crippen LogP) is 8.29. The number of nitrogens with zero attached hydrogens (tertiary/aromatic N) is 1. The van der Waals surface area contributed by atoms with Crippen LogP contribution in [-0.2, 0) is 16.2 Å². The van der Waals surface area contributed by atoms with Crippen molar-refractivity contribution in [3.63, 3.8) is 0 Å². The number of carbonyl (C=O) groups is 2. The third kappa shape index (κ3) is 5.43. The smallest absolute Gasteiger partial charge is 0.180 e. The Morgan fingerprint density at radius 1 is 0.850 bits per heavy atom. The van der Waals surface area contributed by atoms with E-state index in [0.717, 1.165) is 35.4 Å². The minimum Gasteiger partial charge on any atom is -0.490 e. The molecule has 5 nitrogen and oxygen atoms in total. The number of Topliss-reactive ketones (excluding diaryl/α,β-unsaturated/α-hetero) is 2. The lowest BCUT2D eigenvalue weighted by molar-refractivity contribution is -0.119. The largest absolute Gasteiger partial charge is 0.490 e. The standard InChI is InChI=1S/C33H37Cl2NO4/c1-7-39-27-13-20(12-22(35)31(27)40-18-19-8-10-21(34)11-9-19)28-29-23(14-32(2,3)16-25(29)37)36(6)24-15-33(4,5)17-26(38)30(24)28/h8-13,28H,7,14-18H2,1-6H3. The molecular weight excluding hydrogens is 545 g/mol. The summed E-state index contributed by atoms with van der Waals surface area (Å²) in [5.41, 5.74) is 4.84. The second-order valence-electron chi connectivity index (χ2n) is 12.8. The van der Waals surface area contributed by atoms with Crippen molar-refractivity contribution in [2.45, 2.75) is 72.8 Å². The van der Waals surface area contributed by atoms with Crippen LogP contribution >= 0.6 is 23.2 Å². The van der Waals surface area contributed by atoms with Crippen LogP contribution in [0.25, 0.3) is 0 Å². The molecule has 0 radical (unpaired) electrons. The van der Waals surface area contributed by atoms with Crippen LogP contribution < -0.4 is 9.47 Å². The molecule has 0 saturated carbocycles. The summed E-state index contributed by atoms with van der Waals surface area (Å²) in [5, 5.41) is 1.04. The van der Waals surface area contributed by atoms with Crippen molar-refractivity contribution in [3.8, 4) is 11.5 Å². The first-order chi connectivity index (χ1) is 18.8. The van der Waals surface area contributed by atoms with E-state index in [1.807, 2.05) is 50.4 Å². The number of hydrogen-bond acceptors (Lipinski definition) is 5. The van der Waals surface area contributed by atoms with Crippen LogP contribution in [0.4, 0.5) is 0 Å². The Labute approximate surface area is 247 Å². The molecule has 0 fully saturated rings. The van der Waals surface area contributed by atoms with Crippen molar-refractivity contribution in [2.75, 3.05) is 13.7 Å². The molecule has 2 aromatic carbocycles. The lowest BCUT2D eigenvalue weighted by Gasteiger charge is -2.48. The molecule has 0 amide bonds. The molecule has 0 saturated heterocycles. The molecule has 2 aliphatic carbocycles. The average Bonchev–Trinajstić information content (AvgIpc) is 2.85. The number of rotatable bonds is 6. The summed E-state index contributed by atoms with van der Waals surface area (Å²) >= 11 is 12.9. The van der Waals surface area contributed by atoms with Gasteiger partial charge in [-0.05, 0) is 66.0 Å². The van der Waals surface area contributed by atoms with Crippen molar-refractivity contribution in [1.29, 1.82) is 0 Å². The highest BCUT2D eigenvalue weighted by Gasteiger charge is 2.48. The monoisotopic (exact) mass is 581 g/mol. The molecule has 0 aromatic heterocycles. The SMILES string of the molecule is CCOc1cc(C2C3=C(CC(C)(C)CC3=O)N(C)C3=C2C(=O)CC(C)(C)C3)cc(Cl)c1OCc1ccc(Cl)cc1. The molecule has 212 valence electrons. The van der Waals surface area contributed by atoms with Crippen LogP contribution in [0.2, 0.25) is 10.0 Å². The Morgan fingerprint density at radius 3 is 1.93 bits per heavy atom. The first-order valence-electron chi connectivity index (χ1n) is 13.9. The molecule has 0 bridgehead atoms. The van der Waals surface area contributed by atoms with Gasteiger partial charge in [-0.1, -0.05) is 63.0 Å². The molecule has 40 heavy (non-hydrogen) atoms. The van der Waals surface area contributed by atoms with Gasteiger partial charge in [0.05, 0.1) is 11.6 Å². The number of allylic oxidation sites excluding steroid dienone is 4. The third-order valence-corrected chi connectivity index (χ3v) is 8.67. The molecule has 0 spiro atoms. The van der Waals surface area contributed by atoms with Gasteiger partial charge in [-0.15, -0.1) is 0 Å². The van der Waals surface area contributed by atoms with E-state index >= 15 is 0 Å². The number of halogens is 2. The third-order valence-electron chi connectivity index (χ3n) is 8.14. The maximum absolute atomic E-state index is 13.8. The Morgan fingerprint density at radius 2 is 1.40 bits per heavy atom. The number of benzene rings is 2. The van der Waals surface area contributed by atoms with E-state index < -0.39 is 5.92 Å². The van der Waals surface area contributed by atoms with Crippen LogP contribution in [0.15, 0.2) is 58.9 Å². The molecule has 1 aliphatic heterocycles. The number of ketones is 2. The normalized spacial score (nSPS) is 20.4. The maximum Gasteiger partial charge on any atom is 0.180 e. The summed E-state index contributed by atoms with van der Waals surface area (Å²) in [6.07, 6.45) is 2.40. The highest BCUT2D eigenvalue weighted by atomic mass is 35.5. The predicted molar refractivity (Wildman–Crippen MR) is 159 cm³/mol. The van der Waals surface area contributed by atoms with Gasteiger partial charge in [0.1, 0.15) is 6.61 Å². The van der Waals surface area contributed by atoms with Gasteiger partial charge in [0.2, 0.25) is 0 Å². The number of hydrogen-bond donors (Lipinski definition) is 0. The molecule has 0 unspecified atom stereocenters. The second-order valence-corrected chi connectivity index (χ2v) is 13.6. The zero-order valence-electron chi connectivity index (χ0n) is 24.1. The fourth-order valence-electron chi connectivity index (χ4n) is 6.39. The van der Waals surface area contributed by atoms with Crippen molar-refractivity contribution in [1.82, 2.24) is 4.90 Å². The van der Waals surface area contributed by atoms with Crippen molar-refractivity contribution < 1.29 is 19.1 Å². The van der Waals surface area contributed by atoms with Crippen molar-refractivity contribution in [3.05, 3.63) is 80.1 Å². The lowest BCUT2D eigenvalue weighted by Crippen LogP contribution is -2.43. The van der Waals surface area contributed by atoms with E-state index in [1.165, 1.54) is 0 Å². The van der Waals surface area contributed by atoms with Crippen LogP contribution in [-0.4, -0.2) is 30.1 Å². The second kappa shape index (κ2) is 10.6. The topological polar surface area (TPSA) is 55.8 Å². The summed E-state index contributed by atoms with van der Waals surface area (Å²) < 4.78 is 12.2. The summed E-state index contributed by atoms with van der Waals surface area (Å²) in [5.74, 6) is 0.615. The Kier molecular flexibility index (Phi) is 7.60. The van der Waals surface area contributed by atoms with Gasteiger partial charge >= 0.3 is 0 Å². The van der Waals surface area contributed by atoms with Crippen molar-refractivity contribution in [2.24, 2.45) is 10.8 Å². The zero-order chi connectivity index (χ0) is 29.0. The summed E-state index contributed by atoms with van der Waals surface area (Å²) in [7, 11) is 2.01. The van der Waals surface area contributed by atoms with Crippen LogP contribution in [0, 0.1) is 10.8 Å². The summed E-state index contributed by atoms with van der Waals surface area (Å²) in [4.78, 5) is 29.8. The minimum absolute atomic E-state index is 0.0874. The Balaban J connectivity index is 1.63. The van der Waals surface area contributed by atoms with Gasteiger partial charge in [0.15, 0.2) is 23.1 Å². The van der Waals surface area contributed by atoms with Gasteiger partial charge in [-0.3, -0.25) is 9.59 Å². The molecule has 1 heterocycles. The minimum atomic E-state index is -0.490. The fraction of sp³-hybridized carbons (Fsp3) is 0.455. The Bertz CT molecular complexity index is 1380. The molecule has 0 N–H and O–H groups in total. The van der Waals surface area contributed by atoms with Crippen LogP contribution in [0.1, 0.15) is 77.3 Å². The van der Waals surface area contributed by atoms with Gasteiger partial charge in [-0.2, -0.15) is 0 Å². The van der Waals surface area contributed by atoms with E-state index in [-0.39, 0.29) is 29.0 Å². The first kappa shape index (κ1) is 28.8. The van der Waals surface area contributed by atoms with E-state index in [1.54, 1.807) is 0 Å². The van der Waals surface area contributed by atoms with E-state index in [2.05, 4.69) is 32.6 Å². The Hall–Kier alpha value is -2.76. The van der Waals surface area contributed by atoms with Crippen molar-refractivity contribution >= 4 is 34.8 Å². The maximum atomic E-state index is 13.8. The van der Waals surface area contributed by atoms with E-state index in [0.29, 0.717) is 52.1 Å². The van der Waals surface area contributed by atoms with E-state index in [9.17, 15) is 9.59 Å². The van der Waals surface area contributed by atoms with Gasteiger partial charge < -0.3 is 14.4 Å². The lowest BCUT2D eigenvalue weighted by atomic mass is 9.63. The van der Waals surface area contributed by atoms with Gasteiger partial charge in [0.25, 0.3) is 0 Å². The fourth-order valence-corrected chi connectivity index (χ4v) is 6.79. The van der Waals surface area contributed by atoms with Crippen LogP contribution in [0.3, 0.4) is 0 Å². The van der Waals surface area contributed by atoms with E-state index in [4.69, 9.17) is 32.7 Å². The van der Waals surface area contributed by atoms with Gasteiger partial charge in [-0.25, -0.2) is 0 Å². The first-order valence-corrected chi connectivity index (χ1v) is 14.7. The molecule has 5 rings (SSSR count). The highest BCUT2D eigenvalue weighted by Crippen LogP contribution is 2.55. The number of carbonyl (C=O) groups excluding carboxylic acids is 2. The molecule has 7 heteroatoms. The van der Waals surface area contributed by atoms with Gasteiger partial charge in [0, 0.05) is 53.4 Å².